The van der Waals surface area contributed by atoms with Crippen LogP contribution in [0, 0.1) is 0 Å². The van der Waals surface area contributed by atoms with Crippen molar-refractivity contribution >= 4 is 27.4 Å². The van der Waals surface area contributed by atoms with Gasteiger partial charge in [0.25, 0.3) is 0 Å². The van der Waals surface area contributed by atoms with Crippen molar-refractivity contribution in [3.8, 4) is 0 Å². The Morgan fingerprint density at radius 1 is 0.963 bits per heavy atom. The van der Waals surface area contributed by atoms with Crippen molar-refractivity contribution in [1.29, 1.82) is 0 Å². The fourth-order valence-corrected chi connectivity index (χ4v) is 2.93. The first-order valence-corrected chi connectivity index (χ1v) is 10.0. The Bertz CT molecular complexity index is 892. The molecule has 0 aliphatic rings. The third-order valence-electron chi connectivity index (χ3n) is 3.95. The van der Waals surface area contributed by atoms with E-state index in [0.717, 1.165) is 5.56 Å². The van der Waals surface area contributed by atoms with Crippen molar-refractivity contribution in [2.24, 2.45) is 5.14 Å². The van der Waals surface area contributed by atoms with Crippen molar-refractivity contribution in [1.82, 2.24) is 5.32 Å². The molecule has 8 heteroatoms. The molecule has 0 unspecified atom stereocenters. The van der Waals surface area contributed by atoms with Crippen LogP contribution in [0.4, 0.5) is 5.69 Å². The standard InChI is InChI=1S/C19H23N3O4S/c1-14(23)16-4-6-17(7-5-16)22-19(24)11-13-21-12-10-15-2-8-18(9-3-15)27(20,25)26/h2-9,21H,10-13H2,1H3,(H,22,24)(H2,20,25,26). The lowest BCUT2D eigenvalue weighted by Crippen LogP contribution is -2.23. The normalized spacial score (nSPS) is 11.2. The van der Waals surface area contributed by atoms with Gasteiger partial charge in [-0.3, -0.25) is 9.59 Å². The molecule has 0 aliphatic heterocycles. The summed E-state index contributed by atoms with van der Waals surface area (Å²) >= 11 is 0. The van der Waals surface area contributed by atoms with Crippen LogP contribution in [-0.4, -0.2) is 33.2 Å². The number of benzene rings is 2. The van der Waals surface area contributed by atoms with Crippen molar-refractivity contribution in [3.05, 3.63) is 59.7 Å². The van der Waals surface area contributed by atoms with E-state index in [9.17, 15) is 18.0 Å². The molecule has 1 amide bonds. The first-order valence-electron chi connectivity index (χ1n) is 8.49. The molecule has 0 fully saturated rings. The number of primary sulfonamides is 1. The zero-order valence-electron chi connectivity index (χ0n) is 15.1. The SMILES string of the molecule is CC(=O)c1ccc(NC(=O)CCNCCc2ccc(S(N)(=O)=O)cc2)cc1. The zero-order chi connectivity index (χ0) is 19.9. The van der Waals surface area contributed by atoms with Gasteiger partial charge >= 0.3 is 0 Å². The van der Waals surface area contributed by atoms with Crippen LogP contribution in [0.2, 0.25) is 0 Å². The molecule has 0 heterocycles. The molecule has 4 N–H and O–H groups in total. The number of nitrogens with two attached hydrogens (primary N) is 1. The minimum atomic E-state index is -3.67. The maximum absolute atomic E-state index is 11.9. The maximum Gasteiger partial charge on any atom is 0.238 e. The van der Waals surface area contributed by atoms with Gasteiger partial charge in [-0.2, -0.15) is 0 Å². The van der Waals surface area contributed by atoms with E-state index in [0.29, 0.717) is 37.2 Å². The Balaban J connectivity index is 1.67. The summed E-state index contributed by atoms with van der Waals surface area (Å²) in [5.74, 6) is -0.132. The smallest absolute Gasteiger partial charge is 0.238 e. The van der Waals surface area contributed by atoms with Crippen LogP contribution in [0.5, 0.6) is 0 Å². The minimum Gasteiger partial charge on any atom is -0.326 e. The molecule has 0 aromatic heterocycles. The highest BCUT2D eigenvalue weighted by atomic mass is 32.2. The Morgan fingerprint density at radius 3 is 2.15 bits per heavy atom. The van der Waals surface area contributed by atoms with Gasteiger partial charge in [0.05, 0.1) is 4.90 Å². The van der Waals surface area contributed by atoms with Crippen molar-refractivity contribution in [2.75, 3.05) is 18.4 Å². The maximum atomic E-state index is 11.9. The number of Topliss-reactive ketones (excluding diaryl/α,β-unsaturated/α-hetero) is 1. The first kappa shape index (κ1) is 20.8. The Hall–Kier alpha value is -2.55. The van der Waals surface area contributed by atoms with Crippen LogP contribution in [0.3, 0.4) is 0 Å². The Kier molecular flexibility index (Phi) is 7.23. The van der Waals surface area contributed by atoms with Crippen LogP contribution >= 0.6 is 0 Å². The third kappa shape index (κ3) is 6.93. The van der Waals surface area contributed by atoms with Gasteiger partial charge in [0.15, 0.2) is 5.78 Å². The molecule has 0 spiro atoms. The van der Waals surface area contributed by atoms with E-state index in [-0.39, 0.29) is 16.6 Å². The number of anilines is 1. The molecule has 144 valence electrons. The lowest BCUT2D eigenvalue weighted by molar-refractivity contribution is -0.116. The highest BCUT2D eigenvalue weighted by Gasteiger charge is 2.07. The minimum absolute atomic E-state index is 0.0173. The van der Waals surface area contributed by atoms with Crippen LogP contribution < -0.4 is 15.8 Å². The zero-order valence-corrected chi connectivity index (χ0v) is 15.9. The van der Waals surface area contributed by atoms with Gasteiger partial charge in [-0.25, -0.2) is 13.6 Å². The van der Waals surface area contributed by atoms with Crippen molar-refractivity contribution in [2.45, 2.75) is 24.7 Å². The van der Waals surface area contributed by atoms with E-state index in [2.05, 4.69) is 10.6 Å². The van der Waals surface area contributed by atoms with Gasteiger partial charge in [0, 0.05) is 24.2 Å². The van der Waals surface area contributed by atoms with Crippen LogP contribution in [0.1, 0.15) is 29.3 Å². The molecular formula is C19H23N3O4S. The number of nitrogens with one attached hydrogen (secondary N) is 2. The van der Waals surface area contributed by atoms with Gasteiger partial charge < -0.3 is 10.6 Å². The molecule has 2 aromatic carbocycles. The van der Waals surface area contributed by atoms with Gasteiger partial charge in [-0.05, 0) is 61.9 Å². The average Bonchev–Trinajstić information content (AvgIpc) is 2.61. The summed E-state index contributed by atoms with van der Waals surface area (Å²) in [5, 5.41) is 11.0. The largest absolute Gasteiger partial charge is 0.326 e. The summed E-state index contributed by atoms with van der Waals surface area (Å²) in [5.41, 5.74) is 2.23. The molecular weight excluding hydrogens is 366 g/mol. The summed E-state index contributed by atoms with van der Waals surface area (Å²) < 4.78 is 22.4. The number of carbonyl (C=O) groups is 2. The number of carbonyl (C=O) groups excluding carboxylic acids is 2. The molecule has 0 saturated heterocycles. The fraction of sp³-hybridized carbons (Fsp3) is 0.263. The van der Waals surface area contributed by atoms with Gasteiger partial charge in [0.2, 0.25) is 15.9 Å². The molecule has 2 rings (SSSR count). The number of hydrogen-bond acceptors (Lipinski definition) is 5. The van der Waals surface area contributed by atoms with E-state index >= 15 is 0 Å². The second-order valence-corrected chi connectivity index (χ2v) is 7.68. The molecule has 7 nitrogen and oxygen atoms in total. The summed E-state index contributed by atoms with van der Waals surface area (Å²) in [6, 6.07) is 13.2. The quantitative estimate of drug-likeness (QED) is 0.446. The second-order valence-electron chi connectivity index (χ2n) is 6.12. The monoisotopic (exact) mass is 389 g/mol. The van der Waals surface area contributed by atoms with E-state index < -0.39 is 10.0 Å². The lowest BCUT2D eigenvalue weighted by Gasteiger charge is -2.07. The third-order valence-corrected chi connectivity index (χ3v) is 4.88. The number of ketones is 1. The number of sulfonamides is 1. The van der Waals surface area contributed by atoms with E-state index in [1.165, 1.54) is 19.1 Å². The number of hydrogen-bond donors (Lipinski definition) is 3. The van der Waals surface area contributed by atoms with E-state index in [4.69, 9.17) is 5.14 Å². The summed E-state index contributed by atoms with van der Waals surface area (Å²) in [6.07, 6.45) is 1.03. The summed E-state index contributed by atoms with van der Waals surface area (Å²) in [6.45, 7) is 2.68. The Morgan fingerprint density at radius 2 is 1.59 bits per heavy atom. The van der Waals surface area contributed by atoms with E-state index in [1.807, 2.05) is 0 Å². The molecule has 0 radical (unpaired) electrons. The van der Waals surface area contributed by atoms with Crippen LogP contribution in [-0.2, 0) is 21.2 Å². The molecule has 2 aromatic rings. The number of amides is 1. The Labute approximate surface area is 159 Å². The first-order chi connectivity index (χ1) is 12.8. The predicted octanol–water partition coefficient (Wildman–Crippen LogP) is 1.70. The van der Waals surface area contributed by atoms with Crippen LogP contribution in [0.15, 0.2) is 53.4 Å². The van der Waals surface area contributed by atoms with Crippen molar-refractivity contribution in [3.63, 3.8) is 0 Å². The highest BCUT2D eigenvalue weighted by Crippen LogP contribution is 2.10. The fourth-order valence-electron chi connectivity index (χ4n) is 2.42. The molecule has 0 bridgehead atoms. The predicted molar refractivity (Wildman–Crippen MR) is 104 cm³/mol. The number of rotatable bonds is 9. The summed E-state index contributed by atoms with van der Waals surface area (Å²) in [4.78, 5) is 23.2. The molecule has 0 aliphatic carbocycles. The van der Waals surface area contributed by atoms with Gasteiger partial charge in [0.1, 0.15) is 0 Å². The summed E-state index contributed by atoms with van der Waals surface area (Å²) in [7, 11) is -3.67. The van der Waals surface area contributed by atoms with Crippen molar-refractivity contribution < 1.29 is 18.0 Å². The average molecular weight is 389 g/mol. The van der Waals surface area contributed by atoms with E-state index in [1.54, 1.807) is 36.4 Å². The highest BCUT2D eigenvalue weighted by molar-refractivity contribution is 7.89. The van der Waals surface area contributed by atoms with Gasteiger partial charge in [-0.1, -0.05) is 12.1 Å². The molecule has 27 heavy (non-hydrogen) atoms. The van der Waals surface area contributed by atoms with Gasteiger partial charge in [-0.15, -0.1) is 0 Å². The second kappa shape index (κ2) is 9.40. The molecule has 0 saturated carbocycles. The molecule has 0 atom stereocenters. The lowest BCUT2D eigenvalue weighted by atomic mass is 10.1. The topological polar surface area (TPSA) is 118 Å². The van der Waals surface area contributed by atoms with Crippen LogP contribution in [0.25, 0.3) is 0 Å².